The highest BCUT2D eigenvalue weighted by molar-refractivity contribution is 5.84. The van der Waals surface area contributed by atoms with Crippen molar-refractivity contribution in [2.45, 2.75) is 95.0 Å². The summed E-state index contributed by atoms with van der Waals surface area (Å²) in [5.41, 5.74) is 5.57. The van der Waals surface area contributed by atoms with Gasteiger partial charge in [-0.1, -0.05) is 0 Å². The summed E-state index contributed by atoms with van der Waals surface area (Å²) in [4.78, 5) is 25.6. The topological polar surface area (TPSA) is 136 Å². The van der Waals surface area contributed by atoms with E-state index in [1.165, 1.54) is 47.8 Å². The average molecular weight is 809 g/mol. The molecule has 0 spiro atoms. The van der Waals surface area contributed by atoms with Crippen LogP contribution in [0.1, 0.15) is 53.9 Å². The molecule has 0 aliphatic rings. The molecule has 3 aromatic rings. The van der Waals surface area contributed by atoms with Gasteiger partial charge in [0, 0.05) is 34.2 Å². The van der Waals surface area contributed by atoms with Crippen LogP contribution in [-0.4, -0.2) is 67.4 Å². The van der Waals surface area contributed by atoms with Crippen molar-refractivity contribution in [3.05, 3.63) is 52.9 Å². The molecule has 3 rings (SSSR count). The van der Waals surface area contributed by atoms with Crippen LogP contribution in [-0.2, 0) is 9.53 Å². The first-order valence-corrected chi connectivity index (χ1v) is 16.2. The maximum Gasteiger partial charge on any atom is 0.573 e. The minimum absolute atomic E-state index is 0.0414. The number of carbonyl (C=O) groups is 1. The number of carbonyl (C=O) groups excluding carboxylic acids is 1. The zero-order chi connectivity index (χ0) is 42.2. The van der Waals surface area contributed by atoms with Crippen LogP contribution in [0.15, 0.2) is 51.7 Å². The molecule has 1 atom stereocenters. The summed E-state index contributed by atoms with van der Waals surface area (Å²) >= 11 is 0. The standard InChI is InChI=1S/C35H39F11N2O7/c1-28(2,47)18-30(5,29(3,4)48)27(50)53-14-12-32(38,39)34(42,43)33(40,41)31(36,37)11-13-52-21-8-7-19-15-23(26(49)54-24(19)17-21)22-10-9-20(51-6)16-25(22)55-35(44,45)46/h7-10,15-17H,11-14,18,47-48H2,1-6H3. The van der Waals surface area contributed by atoms with E-state index >= 15 is 0 Å². The second-order valence-electron chi connectivity index (χ2n) is 14.3. The van der Waals surface area contributed by atoms with Crippen molar-refractivity contribution in [1.29, 1.82) is 0 Å². The van der Waals surface area contributed by atoms with Crippen molar-refractivity contribution in [1.82, 2.24) is 0 Å². The Morgan fingerprint density at radius 3 is 1.78 bits per heavy atom. The molecule has 9 nitrogen and oxygen atoms in total. The van der Waals surface area contributed by atoms with E-state index in [2.05, 4.69) is 4.74 Å². The Morgan fingerprint density at radius 2 is 1.27 bits per heavy atom. The molecule has 55 heavy (non-hydrogen) atoms. The Kier molecular flexibility index (Phi) is 12.5. The Balaban J connectivity index is 1.74. The van der Waals surface area contributed by atoms with Gasteiger partial charge < -0.3 is 34.8 Å². The van der Waals surface area contributed by atoms with Crippen LogP contribution in [0.3, 0.4) is 0 Å². The molecule has 0 radical (unpaired) electrons. The molecule has 20 heteroatoms. The number of fused-ring (bicyclic) bond motifs is 1. The average Bonchev–Trinajstić information content (AvgIpc) is 3.02. The van der Waals surface area contributed by atoms with Crippen molar-refractivity contribution >= 4 is 16.9 Å². The van der Waals surface area contributed by atoms with Gasteiger partial charge in [-0.15, -0.1) is 13.2 Å². The molecular formula is C35H39F11N2O7. The van der Waals surface area contributed by atoms with Crippen molar-refractivity contribution in [2.24, 2.45) is 16.9 Å². The molecule has 1 unspecified atom stereocenters. The van der Waals surface area contributed by atoms with Crippen molar-refractivity contribution in [3.63, 3.8) is 0 Å². The summed E-state index contributed by atoms with van der Waals surface area (Å²) in [5, 5.41) is 0.0414. The molecule has 0 amide bonds. The lowest BCUT2D eigenvalue weighted by molar-refractivity contribution is -0.369. The van der Waals surface area contributed by atoms with Gasteiger partial charge in [0.2, 0.25) is 0 Å². The minimum Gasteiger partial charge on any atom is -0.497 e. The maximum absolute atomic E-state index is 14.6. The van der Waals surface area contributed by atoms with Gasteiger partial charge in [0.25, 0.3) is 0 Å². The monoisotopic (exact) mass is 808 g/mol. The SMILES string of the molecule is COc1ccc(-c2cc3ccc(OCCC(F)(F)C(F)(F)C(F)(F)C(F)(F)CCOC(=O)C(C)(CC(C)(C)N)C(C)(C)N)cc3oc2=O)c(OC(F)(F)F)c1. The first-order valence-electron chi connectivity index (χ1n) is 16.2. The summed E-state index contributed by atoms with van der Waals surface area (Å²) < 4.78 is 180. The Morgan fingerprint density at radius 1 is 0.727 bits per heavy atom. The quantitative estimate of drug-likeness (QED) is 0.0782. The number of alkyl halides is 11. The molecule has 308 valence electrons. The van der Waals surface area contributed by atoms with Crippen LogP contribution in [0.2, 0.25) is 0 Å². The molecule has 2 aromatic carbocycles. The first-order chi connectivity index (χ1) is 24.8. The van der Waals surface area contributed by atoms with Crippen LogP contribution in [0.4, 0.5) is 48.3 Å². The third kappa shape index (κ3) is 9.92. The van der Waals surface area contributed by atoms with Gasteiger partial charge in [0.15, 0.2) is 0 Å². The molecule has 4 N–H and O–H groups in total. The summed E-state index contributed by atoms with van der Waals surface area (Å²) in [7, 11) is 1.17. The molecule has 1 heterocycles. The number of hydrogen-bond donors (Lipinski definition) is 2. The Hall–Kier alpha value is -4.33. The number of benzene rings is 2. The summed E-state index contributed by atoms with van der Waals surface area (Å²) in [5.74, 6) is -27.5. The number of hydrogen-bond acceptors (Lipinski definition) is 9. The molecule has 0 fully saturated rings. The molecule has 0 saturated heterocycles. The highest BCUT2D eigenvalue weighted by atomic mass is 19.4. The highest BCUT2D eigenvalue weighted by Gasteiger charge is 2.79. The van der Waals surface area contributed by atoms with Crippen LogP contribution in [0.5, 0.6) is 17.2 Å². The van der Waals surface area contributed by atoms with Gasteiger partial charge in [-0.2, -0.15) is 35.1 Å². The number of halogens is 11. The normalized spacial score (nSPS) is 14.7. The fourth-order valence-corrected chi connectivity index (χ4v) is 5.41. The van der Waals surface area contributed by atoms with E-state index in [0.717, 1.165) is 36.4 Å². The lowest BCUT2D eigenvalue weighted by Gasteiger charge is -2.43. The van der Waals surface area contributed by atoms with Gasteiger partial charge in [-0.3, -0.25) is 4.79 Å². The Labute approximate surface area is 307 Å². The zero-order valence-electron chi connectivity index (χ0n) is 30.2. The third-order valence-corrected chi connectivity index (χ3v) is 8.74. The van der Waals surface area contributed by atoms with Crippen molar-refractivity contribution < 1.29 is 76.5 Å². The minimum atomic E-state index is -6.66. The predicted molar refractivity (Wildman–Crippen MR) is 176 cm³/mol. The van der Waals surface area contributed by atoms with Gasteiger partial charge in [0.1, 0.15) is 22.8 Å². The van der Waals surface area contributed by atoms with Crippen LogP contribution >= 0.6 is 0 Å². The van der Waals surface area contributed by atoms with Crippen molar-refractivity contribution in [3.8, 4) is 28.4 Å². The Bertz CT molecular complexity index is 1900. The molecule has 0 saturated carbocycles. The van der Waals surface area contributed by atoms with E-state index in [0.29, 0.717) is 0 Å². The number of rotatable bonds is 17. The number of methoxy groups -OCH3 is 1. The molecule has 0 aliphatic carbocycles. The second-order valence-corrected chi connectivity index (χ2v) is 14.3. The summed E-state index contributed by atoms with van der Waals surface area (Å²) in [6.07, 6.45) is -9.81. The zero-order valence-corrected chi connectivity index (χ0v) is 30.2. The smallest absolute Gasteiger partial charge is 0.497 e. The van der Waals surface area contributed by atoms with E-state index < -0.39 is 101 Å². The molecule has 0 aliphatic heterocycles. The van der Waals surface area contributed by atoms with Gasteiger partial charge >= 0.3 is 41.6 Å². The number of nitrogens with two attached hydrogens (primary N) is 2. The number of esters is 1. The molecule has 1 aromatic heterocycles. The van der Waals surface area contributed by atoms with Gasteiger partial charge in [-0.05, 0) is 71.4 Å². The van der Waals surface area contributed by atoms with Crippen LogP contribution in [0, 0.1) is 5.41 Å². The van der Waals surface area contributed by atoms with Crippen molar-refractivity contribution in [2.75, 3.05) is 20.3 Å². The van der Waals surface area contributed by atoms with Crippen LogP contribution < -0.4 is 31.3 Å². The fraction of sp³-hybridized carbons (Fsp3) is 0.543. The van der Waals surface area contributed by atoms with E-state index in [1.807, 2.05) is 0 Å². The molecule has 0 bridgehead atoms. The fourth-order valence-electron chi connectivity index (χ4n) is 5.41. The lowest BCUT2D eigenvalue weighted by Crippen LogP contribution is -2.62. The van der Waals surface area contributed by atoms with E-state index in [1.54, 1.807) is 0 Å². The van der Waals surface area contributed by atoms with Gasteiger partial charge in [-0.25, -0.2) is 4.79 Å². The molecular weight excluding hydrogens is 769 g/mol. The van der Waals surface area contributed by atoms with Crippen LogP contribution in [0.25, 0.3) is 22.1 Å². The summed E-state index contributed by atoms with van der Waals surface area (Å²) in [6, 6.07) is 7.33. The number of ether oxygens (including phenoxy) is 4. The van der Waals surface area contributed by atoms with E-state index in [4.69, 9.17) is 30.1 Å². The van der Waals surface area contributed by atoms with E-state index in [9.17, 15) is 57.9 Å². The largest absolute Gasteiger partial charge is 0.573 e. The lowest BCUT2D eigenvalue weighted by atomic mass is 9.67. The third-order valence-electron chi connectivity index (χ3n) is 8.74. The first kappa shape index (κ1) is 45.1. The summed E-state index contributed by atoms with van der Waals surface area (Å²) in [6.45, 7) is 4.04. The van der Waals surface area contributed by atoms with Gasteiger partial charge in [0.05, 0.1) is 44.1 Å². The predicted octanol–water partition coefficient (Wildman–Crippen LogP) is 8.48. The highest BCUT2D eigenvalue weighted by Crippen LogP contribution is 2.54. The van der Waals surface area contributed by atoms with E-state index in [-0.39, 0.29) is 28.7 Å². The maximum atomic E-state index is 14.6. The second kappa shape index (κ2) is 15.3.